The first kappa shape index (κ1) is 12.3. The Labute approximate surface area is 107 Å². The van der Waals surface area contributed by atoms with Crippen molar-refractivity contribution in [2.45, 2.75) is 11.8 Å². The van der Waals surface area contributed by atoms with Gasteiger partial charge < -0.3 is 0 Å². The third-order valence-electron chi connectivity index (χ3n) is 2.49. The standard InChI is InChI=1S/C9H12N4O2S2/c1-12-7-6(2-10-12)8(14)13(9(15)11-7)3-5(17)4-16/h2,5,16-17H,3-4H2,1H3,(H,11,15). The van der Waals surface area contributed by atoms with E-state index in [0.29, 0.717) is 16.8 Å². The van der Waals surface area contributed by atoms with Gasteiger partial charge in [0.2, 0.25) is 0 Å². The molecule has 2 aromatic rings. The van der Waals surface area contributed by atoms with E-state index in [0.717, 1.165) is 4.57 Å². The number of hydrogen-bond donors (Lipinski definition) is 3. The van der Waals surface area contributed by atoms with E-state index in [1.807, 2.05) is 0 Å². The largest absolute Gasteiger partial charge is 0.330 e. The lowest BCUT2D eigenvalue weighted by Gasteiger charge is -2.08. The molecule has 6 nitrogen and oxygen atoms in total. The number of nitrogens with one attached hydrogen (secondary N) is 1. The Morgan fingerprint density at radius 2 is 2.24 bits per heavy atom. The Kier molecular flexibility index (Phi) is 3.34. The summed E-state index contributed by atoms with van der Waals surface area (Å²) in [6.45, 7) is 0.228. The molecule has 92 valence electrons. The highest BCUT2D eigenvalue weighted by Crippen LogP contribution is 2.03. The van der Waals surface area contributed by atoms with Gasteiger partial charge in [-0.1, -0.05) is 0 Å². The molecule has 2 rings (SSSR count). The van der Waals surface area contributed by atoms with Gasteiger partial charge in [0, 0.05) is 24.6 Å². The molecule has 0 aliphatic heterocycles. The molecule has 1 unspecified atom stereocenters. The van der Waals surface area contributed by atoms with Gasteiger partial charge in [0.1, 0.15) is 11.0 Å². The number of aromatic amines is 1. The van der Waals surface area contributed by atoms with Crippen molar-refractivity contribution in [1.82, 2.24) is 19.3 Å². The van der Waals surface area contributed by atoms with Crippen molar-refractivity contribution < 1.29 is 0 Å². The molecular formula is C9H12N4O2S2. The molecule has 0 spiro atoms. The number of aryl methyl sites for hydroxylation is 1. The summed E-state index contributed by atoms with van der Waals surface area (Å²) in [6.07, 6.45) is 1.44. The second kappa shape index (κ2) is 4.61. The quantitative estimate of drug-likeness (QED) is 0.669. The Hall–Kier alpha value is -1.15. The normalized spacial score (nSPS) is 13.1. The lowest BCUT2D eigenvalue weighted by atomic mass is 10.4. The van der Waals surface area contributed by atoms with Crippen LogP contribution in [-0.2, 0) is 13.6 Å². The topological polar surface area (TPSA) is 72.7 Å². The van der Waals surface area contributed by atoms with Gasteiger partial charge in [-0.15, -0.1) is 0 Å². The molecule has 0 bridgehead atoms. The third kappa shape index (κ3) is 2.14. The van der Waals surface area contributed by atoms with E-state index in [4.69, 9.17) is 0 Å². The molecule has 0 saturated heterocycles. The van der Waals surface area contributed by atoms with E-state index >= 15 is 0 Å². The lowest BCUT2D eigenvalue weighted by molar-refractivity contribution is 0.636. The minimum Gasteiger partial charge on any atom is -0.291 e. The van der Waals surface area contributed by atoms with E-state index < -0.39 is 5.69 Å². The van der Waals surface area contributed by atoms with Gasteiger partial charge in [-0.25, -0.2) is 4.79 Å². The fourth-order valence-electron chi connectivity index (χ4n) is 1.58. The molecule has 0 aliphatic carbocycles. The average molecular weight is 272 g/mol. The van der Waals surface area contributed by atoms with Gasteiger partial charge in [-0.3, -0.25) is 19.0 Å². The fourth-order valence-corrected chi connectivity index (χ4v) is 1.86. The molecule has 17 heavy (non-hydrogen) atoms. The van der Waals surface area contributed by atoms with Gasteiger partial charge in [-0.2, -0.15) is 30.4 Å². The average Bonchev–Trinajstić information content (AvgIpc) is 2.66. The highest BCUT2D eigenvalue weighted by atomic mass is 32.1. The second-order valence-electron chi connectivity index (χ2n) is 3.71. The van der Waals surface area contributed by atoms with Crippen molar-refractivity contribution in [3.63, 3.8) is 0 Å². The van der Waals surface area contributed by atoms with Crippen molar-refractivity contribution in [3.8, 4) is 0 Å². The van der Waals surface area contributed by atoms with Crippen molar-refractivity contribution in [1.29, 1.82) is 0 Å². The summed E-state index contributed by atoms with van der Waals surface area (Å²) < 4.78 is 2.58. The molecule has 0 amide bonds. The SMILES string of the molecule is Cn1ncc2c(=O)n(CC(S)CS)c(=O)[nH]c21. The molecule has 0 fully saturated rings. The van der Waals surface area contributed by atoms with Crippen LogP contribution in [0.5, 0.6) is 0 Å². The van der Waals surface area contributed by atoms with Crippen molar-refractivity contribution in [2.75, 3.05) is 5.75 Å². The van der Waals surface area contributed by atoms with Crippen LogP contribution in [-0.4, -0.2) is 30.3 Å². The molecule has 0 saturated carbocycles. The maximum atomic E-state index is 12.0. The van der Waals surface area contributed by atoms with E-state index in [9.17, 15) is 9.59 Å². The molecule has 0 aliphatic rings. The molecule has 2 heterocycles. The van der Waals surface area contributed by atoms with Gasteiger partial charge in [0.15, 0.2) is 0 Å². The Morgan fingerprint density at radius 3 is 2.88 bits per heavy atom. The van der Waals surface area contributed by atoms with Crippen LogP contribution in [0.15, 0.2) is 15.8 Å². The van der Waals surface area contributed by atoms with Crippen LogP contribution < -0.4 is 11.2 Å². The van der Waals surface area contributed by atoms with Crippen LogP contribution in [0.1, 0.15) is 0 Å². The summed E-state index contributed by atoms with van der Waals surface area (Å²) in [5.41, 5.74) is -0.373. The number of H-pyrrole nitrogens is 1. The zero-order valence-corrected chi connectivity index (χ0v) is 10.9. The Morgan fingerprint density at radius 1 is 1.53 bits per heavy atom. The van der Waals surface area contributed by atoms with Gasteiger partial charge in [0.05, 0.1) is 6.20 Å². The summed E-state index contributed by atoms with van der Waals surface area (Å²) in [6, 6.07) is 0. The smallest absolute Gasteiger partial charge is 0.291 e. The minimum absolute atomic E-state index is 0.147. The number of nitrogens with zero attached hydrogens (tertiary/aromatic N) is 3. The third-order valence-corrected chi connectivity index (χ3v) is 3.56. The predicted octanol–water partition coefficient (Wildman–Crippen LogP) is -0.349. The minimum atomic E-state index is -0.452. The zero-order valence-electron chi connectivity index (χ0n) is 9.12. The molecule has 8 heteroatoms. The van der Waals surface area contributed by atoms with Crippen LogP contribution >= 0.6 is 25.3 Å². The van der Waals surface area contributed by atoms with E-state index in [1.165, 1.54) is 10.9 Å². The van der Waals surface area contributed by atoms with Crippen LogP contribution in [0.2, 0.25) is 0 Å². The first-order valence-corrected chi connectivity index (χ1v) is 6.13. The van der Waals surface area contributed by atoms with Gasteiger partial charge >= 0.3 is 5.69 Å². The van der Waals surface area contributed by atoms with Gasteiger partial charge in [0.25, 0.3) is 5.56 Å². The first-order valence-electron chi connectivity index (χ1n) is 4.98. The number of fused-ring (bicyclic) bond motifs is 1. The summed E-state index contributed by atoms with van der Waals surface area (Å²) in [5.74, 6) is 0.486. The molecule has 0 radical (unpaired) electrons. The van der Waals surface area contributed by atoms with Crippen molar-refractivity contribution in [3.05, 3.63) is 27.0 Å². The summed E-state index contributed by atoms with van der Waals surface area (Å²) in [7, 11) is 1.66. The molecule has 0 aromatic carbocycles. The number of thiol groups is 2. The van der Waals surface area contributed by atoms with Crippen LogP contribution in [0, 0.1) is 0 Å². The van der Waals surface area contributed by atoms with Gasteiger partial charge in [-0.05, 0) is 0 Å². The summed E-state index contributed by atoms with van der Waals surface area (Å²) >= 11 is 8.30. The highest BCUT2D eigenvalue weighted by Gasteiger charge is 2.12. The monoisotopic (exact) mass is 272 g/mol. The lowest BCUT2D eigenvalue weighted by Crippen LogP contribution is -2.37. The Bertz CT molecular complexity index is 657. The van der Waals surface area contributed by atoms with Crippen LogP contribution in [0.25, 0.3) is 11.0 Å². The van der Waals surface area contributed by atoms with Crippen molar-refractivity contribution in [2.24, 2.45) is 7.05 Å². The van der Waals surface area contributed by atoms with E-state index in [1.54, 1.807) is 7.05 Å². The summed E-state index contributed by atoms with van der Waals surface area (Å²) in [4.78, 5) is 26.4. The van der Waals surface area contributed by atoms with E-state index in [-0.39, 0.29) is 17.4 Å². The number of hydrogen-bond acceptors (Lipinski definition) is 5. The Balaban J connectivity index is 2.65. The maximum absolute atomic E-state index is 12.0. The zero-order chi connectivity index (χ0) is 12.6. The number of aromatic nitrogens is 4. The highest BCUT2D eigenvalue weighted by molar-refractivity contribution is 7.84. The van der Waals surface area contributed by atoms with E-state index in [2.05, 4.69) is 35.3 Å². The number of rotatable bonds is 3. The van der Waals surface area contributed by atoms with Crippen LogP contribution in [0.3, 0.4) is 0 Å². The maximum Gasteiger partial charge on any atom is 0.330 e. The molecule has 2 aromatic heterocycles. The predicted molar refractivity (Wildman–Crippen MR) is 72.2 cm³/mol. The summed E-state index contributed by atoms with van der Waals surface area (Å²) in [5, 5.41) is 4.19. The van der Waals surface area contributed by atoms with Crippen molar-refractivity contribution >= 4 is 36.3 Å². The second-order valence-corrected chi connectivity index (χ2v) is 4.81. The molecule has 1 atom stereocenters. The molecule has 1 N–H and O–H groups in total. The first-order chi connectivity index (χ1) is 8.04. The fraction of sp³-hybridized carbons (Fsp3) is 0.444. The molecular weight excluding hydrogens is 260 g/mol. The van der Waals surface area contributed by atoms with Crippen LogP contribution in [0.4, 0.5) is 0 Å².